The molecule has 0 spiro atoms. The van der Waals surface area contributed by atoms with Crippen LogP contribution in [0.5, 0.6) is 0 Å². The molecule has 2 aliphatic rings. The first kappa shape index (κ1) is 11.4. The monoisotopic (exact) mass is 226 g/mol. The van der Waals surface area contributed by atoms with Crippen LogP contribution >= 0.6 is 0 Å². The molecule has 2 fully saturated rings. The lowest BCUT2D eigenvalue weighted by Gasteiger charge is -2.35. The maximum absolute atomic E-state index is 12.0. The molecule has 0 bridgehead atoms. The number of hydrogen-bond donors (Lipinski definition) is 0. The van der Waals surface area contributed by atoms with Gasteiger partial charge in [-0.25, -0.2) is 0 Å². The van der Waals surface area contributed by atoms with Gasteiger partial charge in [-0.05, 0) is 12.8 Å². The predicted octanol–water partition coefficient (Wildman–Crippen LogP) is -0.144. The van der Waals surface area contributed by atoms with Crippen LogP contribution in [0.3, 0.4) is 0 Å². The zero-order valence-electron chi connectivity index (χ0n) is 9.65. The second-order valence-corrected chi connectivity index (χ2v) is 4.33. The Bertz CT molecular complexity index is 279. The van der Waals surface area contributed by atoms with Crippen LogP contribution in [0.4, 0.5) is 0 Å². The predicted molar refractivity (Wildman–Crippen MR) is 57.8 cm³/mol. The van der Waals surface area contributed by atoms with Crippen LogP contribution in [0.2, 0.25) is 0 Å². The Balaban J connectivity index is 1.84. The van der Waals surface area contributed by atoms with Crippen molar-refractivity contribution in [2.24, 2.45) is 0 Å². The molecule has 16 heavy (non-hydrogen) atoms. The summed E-state index contributed by atoms with van der Waals surface area (Å²) in [6, 6.07) is 0. The van der Waals surface area contributed by atoms with Crippen molar-refractivity contribution in [1.82, 2.24) is 9.80 Å². The highest BCUT2D eigenvalue weighted by Gasteiger charge is 2.30. The lowest BCUT2D eigenvalue weighted by molar-refractivity contribution is -0.145. The number of ether oxygens (including phenoxy) is 1. The van der Waals surface area contributed by atoms with E-state index >= 15 is 0 Å². The van der Waals surface area contributed by atoms with Crippen molar-refractivity contribution in [2.75, 3.05) is 32.8 Å². The molecule has 0 aliphatic carbocycles. The van der Waals surface area contributed by atoms with Gasteiger partial charge in [0.25, 0.3) is 5.91 Å². The van der Waals surface area contributed by atoms with Crippen LogP contribution in [-0.2, 0) is 14.3 Å². The summed E-state index contributed by atoms with van der Waals surface area (Å²) in [7, 11) is 0. The maximum atomic E-state index is 12.0. The largest absolute Gasteiger partial charge is 0.368 e. The Kier molecular flexibility index (Phi) is 3.43. The van der Waals surface area contributed by atoms with Crippen molar-refractivity contribution in [3.05, 3.63) is 0 Å². The third kappa shape index (κ3) is 2.35. The van der Waals surface area contributed by atoms with Crippen LogP contribution in [0.25, 0.3) is 0 Å². The molecule has 0 aromatic rings. The van der Waals surface area contributed by atoms with Gasteiger partial charge >= 0.3 is 0 Å². The van der Waals surface area contributed by atoms with Gasteiger partial charge in [-0.2, -0.15) is 0 Å². The van der Waals surface area contributed by atoms with E-state index in [1.165, 1.54) is 0 Å². The Morgan fingerprint density at radius 3 is 2.25 bits per heavy atom. The van der Waals surface area contributed by atoms with Gasteiger partial charge in [0.2, 0.25) is 5.91 Å². The Morgan fingerprint density at radius 1 is 1.12 bits per heavy atom. The first-order chi connectivity index (χ1) is 7.68. The third-order valence-electron chi connectivity index (χ3n) is 3.24. The molecule has 2 saturated heterocycles. The van der Waals surface area contributed by atoms with E-state index in [4.69, 9.17) is 4.74 Å². The molecule has 2 heterocycles. The average molecular weight is 226 g/mol. The van der Waals surface area contributed by atoms with E-state index in [-0.39, 0.29) is 17.9 Å². The van der Waals surface area contributed by atoms with E-state index in [1.807, 2.05) is 4.90 Å². The molecule has 0 aromatic heterocycles. The fourth-order valence-corrected chi connectivity index (χ4v) is 2.22. The van der Waals surface area contributed by atoms with E-state index in [2.05, 4.69) is 0 Å². The molecule has 0 radical (unpaired) electrons. The Hall–Kier alpha value is -1.10. The molecule has 2 aliphatic heterocycles. The van der Waals surface area contributed by atoms with Crippen molar-refractivity contribution in [1.29, 1.82) is 0 Å². The summed E-state index contributed by atoms with van der Waals surface area (Å²) in [5.41, 5.74) is 0. The van der Waals surface area contributed by atoms with Crippen molar-refractivity contribution in [3.63, 3.8) is 0 Å². The molecule has 0 N–H and O–H groups in total. The van der Waals surface area contributed by atoms with Gasteiger partial charge in [0.1, 0.15) is 6.10 Å². The quantitative estimate of drug-likeness (QED) is 0.625. The molecule has 0 saturated carbocycles. The Morgan fingerprint density at radius 2 is 1.75 bits per heavy atom. The van der Waals surface area contributed by atoms with Crippen LogP contribution < -0.4 is 0 Å². The van der Waals surface area contributed by atoms with Crippen molar-refractivity contribution in [3.8, 4) is 0 Å². The number of carbonyl (C=O) groups is 2. The molecule has 5 nitrogen and oxygen atoms in total. The van der Waals surface area contributed by atoms with Crippen molar-refractivity contribution >= 4 is 11.8 Å². The van der Waals surface area contributed by atoms with E-state index in [0.717, 1.165) is 12.8 Å². The highest BCUT2D eigenvalue weighted by atomic mass is 16.5. The average Bonchev–Trinajstić information content (AvgIpc) is 2.81. The molecule has 2 rings (SSSR count). The molecule has 5 heteroatoms. The minimum Gasteiger partial charge on any atom is -0.368 e. The van der Waals surface area contributed by atoms with Crippen LogP contribution in [0.1, 0.15) is 19.8 Å². The Labute approximate surface area is 95.3 Å². The van der Waals surface area contributed by atoms with Crippen molar-refractivity contribution in [2.45, 2.75) is 25.9 Å². The second-order valence-electron chi connectivity index (χ2n) is 4.33. The van der Waals surface area contributed by atoms with Gasteiger partial charge in [-0.1, -0.05) is 0 Å². The number of carbonyl (C=O) groups excluding carboxylic acids is 2. The van der Waals surface area contributed by atoms with E-state index < -0.39 is 0 Å². The van der Waals surface area contributed by atoms with E-state index in [9.17, 15) is 9.59 Å². The summed E-state index contributed by atoms with van der Waals surface area (Å²) in [5, 5.41) is 0. The lowest BCUT2D eigenvalue weighted by atomic mass is 10.2. The molecule has 1 atom stereocenters. The van der Waals surface area contributed by atoms with Gasteiger partial charge in [-0.15, -0.1) is 0 Å². The van der Waals surface area contributed by atoms with Crippen LogP contribution in [-0.4, -0.2) is 60.5 Å². The highest BCUT2D eigenvalue weighted by molar-refractivity contribution is 5.81. The molecule has 1 unspecified atom stereocenters. The molecular formula is C11H18N2O3. The number of hydrogen-bond acceptors (Lipinski definition) is 3. The van der Waals surface area contributed by atoms with Gasteiger partial charge in [-0.3, -0.25) is 9.59 Å². The summed E-state index contributed by atoms with van der Waals surface area (Å²) >= 11 is 0. The van der Waals surface area contributed by atoms with E-state index in [1.54, 1.807) is 11.8 Å². The summed E-state index contributed by atoms with van der Waals surface area (Å²) in [6.45, 7) is 4.83. The SMILES string of the molecule is CC(=O)N1CCN(C(=O)C2CCCO2)CC1. The van der Waals surface area contributed by atoms with Gasteiger partial charge in [0.05, 0.1) is 0 Å². The zero-order valence-corrected chi connectivity index (χ0v) is 9.65. The number of rotatable bonds is 1. The van der Waals surface area contributed by atoms with Crippen LogP contribution in [0, 0.1) is 0 Å². The minimum atomic E-state index is -0.233. The summed E-state index contributed by atoms with van der Waals surface area (Å²) in [6.07, 6.45) is 1.58. The topological polar surface area (TPSA) is 49.9 Å². The summed E-state index contributed by atoms with van der Waals surface area (Å²) in [4.78, 5) is 26.7. The maximum Gasteiger partial charge on any atom is 0.251 e. The summed E-state index contributed by atoms with van der Waals surface area (Å²) < 4.78 is 5.37. The minimum absolute atomic E-state index is 0.0872. The van der Waals surface area contributed by atoms with E-state index in [0.29, 0.717) is 32.8 Å². The standard InChI is InChI=1S/C11H18N2O3/c1-9(14)12-4-6-13(7-5-12)11(15)10-3-2-8-16-10/h10H,2-8H2,1H3. The first-order valence-corrected chi connectivity index (χ1v) is 5.84. The molecular weight excluding hydrogens is 208 g/mol. The normalized spacial score (nSPS) is 25.9. The number of nitrogens with zero attached hydrogens (tertiary/aromatic N) is 2. The van der Waals surface area contributed by atoms with Gasteiger partial charge < -0.3 is 14.5 Å². The lowest BCUT2D eigenvalue weighted by Crippen LogP contribution is -2.52. The highest BCUT2D eigenvalue weighted by Crippen LogP contribution is 2.15. The number of amides is 2. The number of piperazine rings is 1. The first-order valence-electron chi connectivity index (χ1n) is 5.84. The fraction of sp³-hybridized carbons (Fsp3) is 0.818. The zero-order chi connectivity index (χ0) is 11.5. The summed E-state index contributed by atoms with van der Waals surface area (Å²) in [5.74, 6) is 0.185. The fourth-order valence-electron chi connectivity index (χ4n) is 2.22. The van der Waals surface area contributed by atoms with Crippen LogP contribution in [0.15, 0.2) is 0 Å². The van der Waals surface area contributed by atoms with Gasteiger partial charge in [0.15, 0.2) is 0 Å². The van der Waals surface area contributed by atoms with Crippen molar-refractivity contribution < 1.29 is 14.3 Å². The third-order valence-corrected chi connectivity index (χ3v) is 3.24. The second kappa shape index (κ2) is 4.82. The molecule has 0 aromatic carbocycles. The smallest absolute Gasteiger partial charge is 0.251 e. The molecule has 90 valence electrons. The van der Waals surface area contributed by atoms with Gasteiger partial charge in [0, 0.05) is 39.7 Å². The molecule has 2 amide bonds.